The number of carboxylic acids is 1. The molecule has 32 heavy (non-hydrogen) atoms. The second-order valence-corrected chi connectivity index (χ2v) is 8.49. The summed E-state index contributed by atoms with van der Waals surface area (Å²) < 4.78 is 0. The van der Waals surface area contributed by atoms with E-state index in [-0.39, 0.29) is 0 Å². The summed E-state index contributed by atoms with van der Waals surface area (Å²) in [6.45, 7) is 1.39. The van der Waals surface area contributed by atoms with E-state index in [0.717, 1.165) is 31.4 Å². The van der Waals surface area contributed by atoms with Gasteiger partial charge in [0, 0.05) is 18.9 Å². The van der Waals surface area contributed by atoms with E-state index < -0.39 is 11.9 Å². The van der Waals surface area contributed by atoms with E-state index in [4.69, 9.17) is 0 Å². The van der Waals surface area contributed by atoms with Crippen LogP contribution in [0.2, 0.25) is 0 Å². The predicted molar refractivity (Wildman–Crippen MR) is 133 cm³/mol. The quantitative estimate of drug-likeness (QED) is 0.206. The van der Waals surface area contributed by atoms with Crippen molar-refractivity contribution < 1.29 is 9.90 Å². The van der Waals surface area contributed by atoms with Crippen LogP contribution in [0.25, 0.3) is 0 Å². The number of aliphatic carboxylic acids is 1. The van der Waals surface area contributed by atoms with Crippen molar-refractivity contribution in [1.82, 2.24) is 10.3 Å². The van der Waals surface area contributed by atoms with E-state index in [0.29, 0.717) is 6.54 Å². The molecule has 1 atom stereocenters. The highest BCUT2D eigenvalue weighted by Crippen LogP contribution is 2.15. The number of allylic oxidation sites excluding steroid dienone is 2. The summed E-state index contributed by atoms with van der Waals surface area (Å²) in [6, 6.07) is 13.6. The van der Waals surface area contributed by atoms with Crippen molar-refractivity contribution in [1.29, 1.82) is 0 Å². The number of aromatic nitrogens is 1. The molecule has 0 saturated heterocycles. The molecule has 4 nitrogen and oxygen atoms in total. The van der Waals surface area contributed by atoms with Crippen LogP contribution in [0.1, 0.15) is 81.3 Å². The summed E-state index contributed by atoms with van der Waals surface area (Å²) in [5.41, 5.74) is 2.18. The molecule has 0 aliphatic rings. The minimum absolute atomic E-state index is 0.466. The number of rotatable bonds is 18. The number of unbranched alkanes of at least 4 members (excludes halogenated alkanes) is 8. The van der Waals surface area contributed by atoms with Gasteiger partial charge in [0.15, 0.2) is 0 Å². The van der Waals surface area contributed by atoms with Crippen LogP contribution in [0.5, 0.6) is 0 Å². The van der Waals surface area contributed by atoms with Gasteiger partial charge < -0.3 is 10.4 Å². The average Bonchev–Trinajstić information content (AvgIpc) is 2.82. The van der Waals surface area contributed by atoms with Crippen molar-refractivity contribution in [3.05, 3.63) is 78.1 Å². The Morgan fingerprint density at radius 3 is 2.25 bits per heavy atom. The maximum Gasteiger partial charge on any atom is 0.312 e. The molecule has 1 aromatic carbocycles. The summed E-state index contributed by atoms with van der Waals surface area (Å²) in [5, 5.41) is 12.8. The monoisotopic (exact) mass is 436 g/mol. The number of hydrogen-bond acceptors (Lipinski definition) is 3. The molecule has 0 radical (unpaired) electrons. The summed E-state index contributed by atoms with van der Waals surface area (Å²) in [7, 11) is 0. The van der Waals surface area contributed by atoms with Gasteiger partial charge in [-0.2, -0.15) is 0 Å². The zero-order valence-corrected chi connectivity index (χ0v) is 19.4. The van der Waals surface area contributed by atoms with Gasteiger partial charge in [-0.25, -0.2) is 0 Å². The fourth-order valence-corrected chi connectivity index (χ4v) is 3.88. The Morgan fingerprint density at radius 1 is 0.875 bits per heavy atom. The second kappa shape index (κ2) is 17.1. The first-order chi connectivity index (χ1) is 15.8. The summed E-state index contributed by atoms with van der Waals surface area (Å²) >= 11 is 0. The zero-order valence-electron chi connectivity index (χ0n) is 19.4. The SMILES string of the molecule is O=C(O)[C@H](CNCCCCCCCCCC/C=C\CCc1cccnc1)c1ccccc1. The highest BCUT2D eigenvalue weighted by atomic mass is 16.4. The van der Waals surface area contributed by atoms with Gasteiger partial charge in [0.1, 0.15) is 0 Å². The first kappa shape index (κ1) is 25.8. The number of aryl methyl sites for hydroxylation is 1. The molecule has 0 saturated carbocycles. The van der Waals surface area contributed by atoms with Crippen LogP contribution in [-0.4, -0.2) is 29.1 Å². The van der Waals surface area contributed by atoms with E-state index in [1.165, 1.54) is 56.9 Å². The number of carbonyl (C=O) groups is 1. The molecule has 0 unspecified atom stereocenters. The Kier molecular flexibility index (Phi) is 13.8. The van der Waals surface area contributed by atoms with E-state index in [9.17, 15) is 9.90 Å². The molecular formula is C28H40N2O2. The van der Waals surface area contributed by atoms with Crippen molar-refractivity contribution in [2.75, 3.05) is 13.1 Å². The number of hydrogen-bond donors (Lipinski definition) is 2. The predicted octanol–water partition coefficient (Wildman–Crippen LogP) is 6.54. The van der Waals surface area contributed by atoms with Crippen molar-refractivity contribution in [2.24, 2.45) is 0 Å². The molecule has 2 aromatic rings. The second-order valence-electron chi connectivity index (χ2n) is 8.49. The standard InChI is InChI=1S/C28H40N2O2/c31-28(32)27(26-19-13-11-14-20-26)24-30-21-15-10-8-6-4-2-1-3-5-7-9-12-17-25-18-16-22-29-23-25/h7,9,11,13-14,16,18-20,22-23,27,30H,1-6,8,10,12,15,17,21,24H2,(H,31,32)/b9-7-/t27-/m1/s1. The van der Waals surface area contributed by atoms with Crippen molar-refractivity contribution in [2.45, 2.75) is 76.5 Å². The third-order valence-electron chi connectivity index (χ3n) is 5.81. The Hall–Kier alpha value is -2.46. The smallest absolute Gasteiger partial charge is 0.312 e. The number of nitrogens with one attached hydrogen (secondary N) is 1. The normalized spacial score (nSPS) is 12.2. The maximum atomic E-state index is 11.5. The van der Waals surface area contributed by atoms with Crippen LogP contribution < -0.4 is 5.32 Å². The van der Waals surface area contributed by atoms with Crippen LogP contribution in [0, 0.1) is 0 Å². The van der Waals surface area contributed by atoms with Crippen LogP contribution in [-0.2, 0) is 11.2 Å². The fraction of sp³-hybridized carbons (Fsp3) is 0.500. The van der Waals surface area contributed by atoms with Gasteiger partial charge in [0.2, 0.25) is 0 Å². The topological polar surface area (TPSA) is 62.2 Å². The molecule has 1 heterocycles. The molecule has 174 valence electrons. The van der Waals surface area contributed by atoms with Gasteiger partial charge in [-0.1, -0.05) is 87.1 Å². The molecule has 1 aromatic heterocycles. The lowest BCUT2D eigenvalue weighted by molar-refractivity contribution is -0.138. The van der Waals surface area contributed by atoms with Gasteiger partial charge in [-0.05, 0) is 55.8 Å². The van der Waals surface area contributed by atoms with Crippen LogP contribution in [0.3, 0.4) is 0 Å². The number of carboxylic acid groups (broad SMARTS) is 1. The Morgan fingerprint density at radius 2 is 1.56 bits per heavy atom. The lowest BCUT2D eigenvalue weighted by Crippen LogP contribution is -2.27. The van der Waals surface area contributed by atoms with E-state index in [2.05, 4.69) is 28.5 Å². The first-order valence-corrected chi connectivity index (χ1v) is 12.3. The minimum atomic E-state index is -0.760. The summed E-state index contributed by atoms with van der Waals surface area (Å²) in [4.78, 5) is 15.6. The van der Waals surface area contributed by atoms with Gasteiger partial charge in [-0.15, -0.1) is 0 Å². The highest BCUT2D eigenvalue weighted by molar-refractivity contribution is 5.76. The number of pyridine rings is 1. The van der Waals surface area contributed by atoms with Crippen molar-refractivity contribution in [3.8, 4) is 0 Å². The zero-order chi connectivity index (χ0) is 22.7. The van der Waals surface area contributed by atoms with E-state index in [1.54, 1.807) is 0 Å². The molecule has 2 rings (SSSR count). The molecule has 0 aliphatic heterocycles. The van der Waals surface area contributed by atoms with Crippen molar-refractivity contribution >= 4 is 5.97 Å². The van der Waals surface area contributed by atoms with Crippen LogP contribution in [0.4, 0.5) is 0 Å². The first-order valence-electron chi connectivity index (χ1n) is 12.3. The molecule has 0 spiro atoms. The maximum absolute atomic E-state index is 11.5. The molecule has 0 aliphatic carbocycles. The molecular weight excluding hydrogens is 396 g/mol. The average molecular weight is 437 g/mol. The van der Waals surface area contributed by atoms with Crippen LogP contribution >= 0.6 is 0 Å². The lowest BCUT2D eigenvalue weighted by atomic mass is 9.99. The molecule has 4 heteroatoms. The summed E-state index contributed by atoms with van der Waals surface area (Å²) in [5.74, 6) is -1.23. The van der Waals surface area contributed by atoms with Crippen molar-refractivity contribution in [3.63, 3.8) is 0 Å². The molecule has 0 amide bonds. The fourth-order valence-electron chi connectivity index (χ4n) is 3.88. The Bertz CT molecular complexity index is 747. The Balaban J connectivity index is 1.36. The van der Waals surface area contributed by atoms with Crippen LogP contribution in [0.15, 0.2) is 67.0 Å². The molecule has 0 bridgehead atoms. The molecule has 2 N–H and O–H groups in total. The van der Waals surface area contributed by atoms with Gasteiger partial charge in [0.25, 0.3) is 0 Å². The lowest BCUT2D eigenvalue weighted by Gasteiger charge is -2.13. The third kappa shape index (κ3) is 11.8. The number of nitrogens with zero attached hydrogens (tertiary/aromatic N) is 1. The van der Waals surface area contributed by atoms with Gasteiger partial charge in [-0.3, -0.25) is 9.78 Å². The highest BCUT2D eigenvalue weighted by Gasteiger charge is 2.18. The largest absolute Gasteiger partial charge is 0.481 e. The number of benzene rings is 1. The Labute approximate surface area is 194 Å². The van der Waals surface area contributed by atoms with E-state index in [1.807, 2.05) is 48.8 Å². The third-order valence-corrected chi connectivity index (χ3v) is 5.81. The van der Waals surface area contributed by atoms with Gasteiger partial charge >= 0.3 is 5.97 Å². The summed E-state index contributed by atoms with van der Waals surface area (Å²) in [6.07, 6.45) is 22.0. The molecule has 0 fully saturated rings. The van der Waals surface area contributed by atoms with E-state index >= 15 is 0 Å². The van der Waals surface area contributed by atoms with Gasteiger partial charge in [0.05, 0.1) is 5.92 Å². The minimum Gasteiger partial charge on any atom is -0.481 e.